The highest BCUT2D eigenvalue weighted by Crippen LogP contribution is 2.39. The van der Waals surface area contributed by atoms with E-state index in [2.05, 4.69) is 15.5 Å². The molecule has 1 aliphatic heterocycles. The number of fused-ring (bicyclic) bond motifs is 1. The maximum absolute atomic E-state index is 14.4. The molecule has 0 amide bonds. The molecule has 29 heavy (non-hydrogen) atoms. The second-order valence-corrected chi connectivity index (χ2v) is 7.16. The van der Waals surface area contributed by atoms with Gasteiger partial charge < -0.3 is 14.0 Å². The summed E-state index contributed by atoms with van der Waals surface area (Å²) >= 11 is 0. The topological polar surface area (TPSA) is 26.6 Å². The molecule has 0 N–H and O–H groups in total. The Labute approximate surface area is 169 Å². The Hall–Kier alpha value is -2.86. The summed E-state index contributed by atoms with van der Waals surface area (Å²) in [5, 5.41) is 0. The van der Waals surface area contributed by atoms with Crippen LogP contribution in [0.2, 0.25) is 0 Å². The lowest BCUT2D eigenvalue weighted by Crippen LogP contribution is -2.30. The van der Waals surface area contributed by atoms with E-state index in [-0.39, 0.29) is 18.2 Å². The summed E-state index contributed by atoms with van der Waals surface area (Å²) in [6.07, 6.45) is 2.93. The molecule has 152 valence electrons. The summed E-state index contributed by atoms with van der Waals surface area (Å²) in [5.74, 6) is 0.333. The largest absolute Gasteiger partial charge is 0.497 e. The van der Waals surface area contributed by atoms with Gasteiger partial charge in [0.2, 0.25) is 0 Å². The third kappa shape index (κ3) is 3.72. The minimum Gasteiger partial charge on any atom is -0.497 e. The molecular formula is C23H24F2N2O2. The van der Waals surface area contributed by atoms with Crippen molar-refractivity contribution in [2.45, 2.75) is 25.6 Å². The summed E-state index contributed by atoms with van der Waals surface area (Å²) in [6, 6.07) is 13.6. The number of aryl methyl sites for hydroxylation is 1. The van der Waals surface area contributed by atoms with Crippen molar-refractivity contribution in [1.29, 1.82) is 0 Å². The van der Waals surface area contributed by atoms with E-state index in [1.807, 2.05) is 30.5 Å². The van der Waals surface area contributed by atoms with Crippen molar-refractivity contribution in [1.82, 2.24) is 9.47 Å². The van der Waals surface area contributed by atoms with Crippen LogP contribution in [0.15, 0.2) is 54.7 Å². The minimum absolute atomic E-state index is 0.0879. The van der Waals surface area contributed by atoms with Crippen LogP contribution in [0.25, 0.3) is 0 Å². The average Bonchev–Trinajstić information content (AvgIpc) is 3.12. The number of nitrogens with zero attached hydrogens (tertiary/aromatic N) is 2. The van der Waals surface area contributed by atoms with Gasteiger partial charge in [-0.25, -0.2) is 8.78 Å². The maximum atomic E-state index is 14.4. The smallest absolute Gasteiger partial charge is 0.130 e. The van der Waals surface area contributed by atoms with E-state index in [4.69, 9.17) is 9.47 Å². The normalized spacial score (nSPS) is 16.9. The zero-order valence-electron chi connectivity index (χ0n) is 16.6. The molecule has 0 saturated carbocycles. The summed E-state index contributed by atoms with van der Waals surface area (Å²) in [4.78, 5) is 2.12. The number of hydrogen-bond donors (Lipinski definition) is 0. The van der Waals surface area contributed by atoms with Crippen LogP contribution in [0.1, 0.15) is 29.3 Å². The van der Waals surface area contributed by atoms with E-state index in [0.717, 1.165) is 24.2 Å². The quantitative estimate of drug-likeness (QED) is 0.619. The first-order chi connectivity index (χ1) is 14.1. The van der Waals surface area contributed by atoms with Crippen LogP contribution in [0.5, 0.6) is 11.5 Å². The Balaban J connectivity index is 1.82. The summed E-state index contributed by atoms with van der Waals surface area (Å²) in [6.45, 7) is 1.73. The van der Waals surface area contributed by atoms with Gasteiger partial charge >= 0.3 is 0 Å². The number of methoxy groups -OCH3 is 2. The molecule has 1 atom stereocenters. The molecule has 0 radical (unpaired) electrons. The number of ether oxygens (including phenoxy) is 2. The fourth-order valence-corrected chi connectivity index (χ4v) is 4.10. The Morgan fingerprint density at radius 3 is 2.48 bits per heavy atom. The van der Waals surface area contributed by atoms with Crippen LogP contribution in [0.3, 0.4) is 0 Å². The molecule has 0 fully saturated rings. The van der Waals surface area contributed by atoms with Gasteiger partial charge in [-0.2, -0.15) is 0 Å². The Morgan fingerprint density at radius 2 is 1.76 bits per heavy atom. The van der Waals surface area contributed by atoms with Gasteiger partial charge in [-0.3, -0.25) is 4.90 Å². The zero-order valence-corrected chi connectivity index (χ0v) is 16.6. The van der Waals surface area contributed by atoms with E-state index >= 15 is 0 Å². The minimum atomic E-state index is -0.523. The first-order valence-corrected chi connectivity index (χ1v) is 9.66. The average molecular weight is 398 g/mol. The molecule has 3 aromatic rings. The molecule has 2 aromatic carbocycles. The van der Waals surface area contributed by atoms with Gasteiger partial charge in [0.25, 0.3) is 0 Å². The monoisotopic (exact) mass is 398 g/mol. The third-order valence-electron chi connectivity index (χ3n) is 5.51. The molecule has 0 spiro atoms. The van der Waals surface area contributed by atoms with Crippen LogP contribution < -0.4 is 9.47 Å². The number of rotatable bonds is 5. The SMILES string of the molecule is COc1ccc(C2c3cccn3CCCN2Cc2c(F)cccc2F)c(OC)c1. The van der Waals surface area contributed by atoms with Crippen molar-refractivity contribution in [3.63, 3.8) is 0 Å². The van der Waals surface area contributed by atoms with Crippen molar-refractivity contribution in [3.05, 3.63) is 83.2 Å². The number of aromatic nitrogens is 1. The molecular weight excluding hydrogens is 374 g/mol. The second-order valence-electron chi connectivity index (χ2n) is 7.16. The van der Waals surface area contributed by atoms with E-state index in [9.17, 15) is 8.78 Å². The van der Waals surface area contributed by atoms with Gasteiger partial charge in [0.05, 0.1) is 20.3 Å². The Kier molecular flexibility index (Phi) is 5.53. The molecule has 1 unspecified atom stereocenters. The van der Waals surface area contributed by atoms with Gasteiger partial charge in [0, 0.05) is 48.7 Å². The highest BCUT2D eigenvalue weighted by atomic mass is 19.1. The molecule has 1 aromatic heterocycles. The number of halogens is 2. The van der Waals surface area contributed by atoms with Crippen LogP contribution in [-0.4, -0.2) is 30.2 Å². The molecule has 1 aliphatic rings. The van der Waals surface area contributed by atoms with Crippen LogP contribution >= 0.6 is 0 Å². The van der Waals surface area contributed by atoms with Gasteiger partial charge in [-0.05, 0) is 42.8 Å². The lowest BCUT2D eigenvalue weighted by atomic mass is 9.99. The zero-order chi connectivity index (χ0) is 20.4. The molecule has 4 nitrogen and oxygen atoms in total. The number of hydrogen-bond acceptors (Lipinski definition) is 3. The number of benzene rings is 2. The lowest BCUT2D eigenvalue weighted by molar-refractivity contribution is 0.210. The first kappa shape index (κ1) is 19.5. The summed E-state index contributed by atoms with van der Waals surface area (Å²) in [5.41, 5.74) is 2.10. The van der Waals surface area contributed by atoms with E-state index in [1.54, 1.807) is 14.2 Å². The highest BCUT2D eigenvalue weighted by molar-refractivity contribution is 5.45. The molecule has 2 heterocycles. The standard InChI is InChI=1S/C23H24F2N2O2/c1-28-16-9-10-17(22(14-16)29-2)23-21-8-4-11-26(21)12-5-13-27(23)15-18-19(24)6-3-7-20(18)25/h3-4,6-11,14,23H,5,12-13,15H2,1-2H3. The van der Waals surface area contributed by atoms with Crippen LogP contribution in [0, 0.1) is 11.6 Å². The maximum Gasteiger partial charge on any atom is 0.130 e. The van der Waals surface area contributed by atoms with Gasteiger partial charge in [-0.15, -0.1) is 0 Å². The summed E-state index contributed by atoms with van der Waals surface area (Å²) < 4.78 is 42.0. The van der Waals surface area contributed by atoms with Crippen molar-refractivity contribution in [3.8, 4) is 11.5 Å². The summed E-state index contributed by atoms with van der Waals surface area (Å²) in [7, 11) is 3.23. The van der Waals surface area contributed by atoms with E-state index < -0.39 is 11.6 Å². The highest BCUT2D eigenvalue weighted by Gasteiger charge is 2.31. The molecule has 0 bridgehead atoms. The fourth-order valence-electron chi connectivity index (χ4n) is 4.10. The molecule has 0 aliphatic carbocycles. The van der Waals surface area contributed by atoms with Gasteiger partial charge in [0.15, 0.2) is 0 Å². The first-order valence-electron chi connectivity index (χ1n) is 9.66. The van der Waals surface area contributed by atoms with Crippen molar-refractivity contribution in [2.75, 3.05) is 20.8 Å². The predicted molar refractivity (Wildman–Crippen MR) is 107 cm³/mol. The Bertz CT molecular complexity index is 982. The molecule has 0 saturated heterocycles. The van der Waals surface area contributed by atoms with Crippen molar-refractivity contribution < 1.29 is 18.3 Å². The van der Waals surface area contributed by atoms with Crippen LogP contribution in [0.4, 0.5) is 8.78 Å². The predicted octanol–water partition coefficient (Wildman–Crippen LogP) is 4.78. The fraction of sp³-hybridized carbons (Fsp3) is 0.304. The van der Waals surface area contributed by atoms with Crippen LogP contribution in [-0.2, 0) is 13.1 Å². The lowest BCUT2D eigenvalue weighted by Gasteiger charge is -2.32. The second kappa shape index (κ2) is 8.25. The third-order valence-corrected chi connectivity index (χ3v) is 5.51. The van der Waals surface area contributed by atoms with Gasteiger partial charge in [0.1, 0.15) is 23.1 Å². The molecule has 4 rings (SSSR count). The molecule has 6 heteroatoms. The van der Waals surface area contributed by atoms with Crippen molar-refractivity contribution in [2.24, 2.45) is 0 Å². The van der Waals surface area contributed by atoms with Crippen molar-refractivity contribution >= 4 is 0 Å². The Morgan fingerprint density at radius 1 is 0.966 bits per heavy atom. The van der Waals surface area contributed by atoms with Gasteiger partial charge in [-0.1, -0.05) is 6.07 Å². The van der Waals surface area contributed by atoms with E-state index in [0.29, 0.717) is 18.0 Å². The van der Waals surface area contributed by atoms with E-state index in [1.165, 1.54) is 18.2 Å².